The van der Waals surface area contributed by atoms with E-state index in [-0.39, 0.29) is 0 Å². The lowest BCUT2D eigenvalue weighted by Crippen LogP contribution is -2.47. The minimum atomic E-state index is -3.13. The smallest absolute Gasteiger partial charge is 0.232 e. The van der Waals surface area contributed by atoms with Gasteiger partial charge in [-0.25, -0.2) is 13.4 Å². The Labute approximate surface area is 238 Å². The summed E-state index contributed by atoms with van der Waals surface area (Å²) < 4.78 is 31.4. The van der Waals surface area contributed by atoms with Crippen molar-refractivity contribution in [3.8, 4) is 17.7 Å². The second-order valence-corrected chi connectivity index (χ2v) is 12.7. The van der Waals surface area contributed by atoms with Crippen LogP contribution in [0.2, 0.25) is 0 Å². The molecular formula is C29H30N6O3S2. The molecule has 1 aliphatic rings. The number of hydrogen-bond donors (Lipinski definition) is 1. The zero-order chi connectivity index (χ0) is 28.3. The van der Waals surface area contributed by atoms with E-state index >= 15 is 0 Å². The molecular weight excluding hydrogens is 544 g/mol. The lowest BCUT2D eigenvalue weighted by molar-refractivity contribution is 0.182. The van der Waals surface area contributed by atoms with Gasteiger partial charge in [-0.05, 0) is 77.9 Å². The Kier molecular flexibility index (Phi) is 8.14. The molecule has 0 atom stereocenters. The molecule has 0 amide bonds. The van der Waals surface area contributed by atoms with Crippen molar-refractivity contribution in [1.82, 2.24) is 19.2 Å². The highest BCUT2D eigenvalue weighted by Crippen LogP contribution is 2.35. The number of hydrogen-bond acceptors (Lipinski definition) is 9. The number of nitrogens with one attached hydrogen (secondary N) is 1. The number of aromatic nitrogens is 2. The summed E-state index contributed by atoms with van der Waals surface area (Å²) in [5.74, 6) is 1.65. The SMILES string of the molecule is Cc1cc(/C=C/C#N)cc(C)c1Oc1nc(Nc2ccc(CN3CCN(S(C)(=O)=O)CC3)cc2)nc2sccc12. The van der Waals surface area contributed by atoms with Gasteiger partial charge in [0.05, 0.1) is 17.7 Å². The predicted octanol–water partition coefficient (Wildman–Crippen LogP) is 5.46. The molecule has 1 aliphatic heterocycles. The molecule has 0 aliphatic carbocycles. The fourth-order valence-electron chi connectivity index (χ4n) is 4.73. The number of anilines is 2. The van der Waals surface area contributed by atoms with Crippen LogP contribution < -0.4 is 10.1 Å². The van der Waals surface area contributed by atoms with E-state index in [0.29, 0.717) is 38.0 Å². The molecule has 5 rings (SSSR count). The van der Waals surface area contributed by atoms with Crippen LogP contribution in [-0.4, -0.2) is 60.0 Å². The normalized spacial score (nSPS) is 14.9. The number of nitrogens with zero attached hydrogens (tertiary/aromatic N) is 5. The molecule has 11 heteroatoms. The molecule has 0 radical (unpaired) electrons. The largest absolute Gasteiger partial charge is 0.438 e. The fourth-order valence-corrected chi connectivity index (χ4v) is 6.31. The molecule has 0 saturated carbocycles. The number of ether oxygens (including phenoxy) is 1. The summed E-state index contributed by atoms with van der Waals surface area (Å²) in [7, 11) is -3.13. The average molecular weight is 575 g/mol. The van der Waals surface area contributed by atoms with Crippen LogP contribution in [0.5, 0.6) is 11.6 Å². The third-order valence-electron chi connectivity index (χ3n) is 6.74. The fraction of sp³-hybridized carbons (Fsp3) is 0.276. The third-order valence-corrected chi connectivity index (χ3v) is 8.85. The van der Waals surface area contributed by atoms with Gasteiger partial charge in [-0.2, -0.15) is 14.6 Å². The second kappa shape index (κ2) is 11.7. The first-order valence-corrected chi connectivity index (χ1v) is 15.6. The Morgan fingerprint density at radius 1 is 1.07 bits per heavy atom. The molecule has 2 aromatic carbocycles. The molecule has 4 aromatic rings. The first-order valence-electron chi connectivity index (χ1n) is 12.8. The van der Waals surface area contributed by atoms with Crippen molar-refractivity contribution in [3.05, 3.63) is 76.2 Å². The Morgan fingerprint density at radius 3 is 2.42 bits per heavy atom. The van der Waals surface area contributed by atoms with Gasteiger partial charge in [-0.3, -0.25) is 4.90 Å². The number of fused-ring (bicyclic) bond motifs is 1. The van der Waals surface area contributed by atoms with Crippen LogP contribution in [0.1, 0.15) is 22.3 Å². The van der Waals surface area contributed by atoms with Gasteiger partial charge in [-0.15, -0.1) is 11.3 Å². The third kappa shape index (κ3) is 6.48. The number of sulfonamides is 1. The lowest BCUT2D eigenvalue weighted by atomic mass is 10.1. The average Bonchev–Trinajstić information content (AvgIpc) is 3.39. The molecule has 0 spiro atoms. The van der Waals surface area contributed by atoms with Crippen LogP contribution in [-0.2, 0) is 16.6 Å². The molecule has 9 nitrogen and oxygen atoms in total. The van der Waals surface area contributed by atoms with Crippen molar-refractivity contribution in [2.45, 2.75) is 20.4 Å². The topological polar surface area (TPSA) is 111 Å². The number of piperazine rings is 1. The van der Waals surface area contributed by atoms with Crippen LogP contribution in [0.4, 0.5) is 11.6 Å². The van der Waals surface area contributed by atoms with Gasteiger partial charge in [0.15, 0.2) is 0 Å². The van der Waals surface area contributed by atoms with Gasteiger partial charge in [-0.1, -0.05) is 12.1 Å². The number of thiophene rings is 1. The van der Waals surface area contributed by atoms with Gasteiger partial charge >= 0.3 is 0 Å². The number of aryl methyl sites for hydroxylation is 2. The van der Waals surface area contributed by atoms with Gasteiger partial charge < -0.3 is 10.1 Å². The predicted molar refractivity (Wildman–Crippen MR) is 159 cm³/mol. The van der Waals surface area contributed by atoms with Crippen LogP contribution in [0.15, 0.2) is 53.9 Å². The molecule has 1 fully saturated rings. The Balaban J connectivity index is 1.30. The van der Waals surface area contributed by atoms with E-state index in [2.05, 4.69) is 27.3 Å². The highest BCUT2D eigenvalue weighted by atomic mass is 32.2. The van der Waals surface area contributed by atoms with E-state index in [1.807, 2.05) is 55.6 Å². The van der Waals surface area contributed by atoms with Gasteiger partial charge in [0, 0.05) is 44.5 Å². The monoisotopic (exact) mass is 574 g/mol. The first kappa shape index (κ1) is 27.7. The zero-order valence-corrected chi connectivity index (χ0v) is 24.2. The van der Waals surface area contributed by atoms with Crippen LogP contribution in [0.25, 0.3) is 16.3 Å². The van der Waals surface area contributed by atoms with Crippen molar-refractivity contribution < 1.29 is 13.2 Å². The van der Waals surface area contributed by atoms with Crippen molar-refractivity contribution in [3.63, 3.8) is 0 Å². The van der Waals surface area contributed by atoms with E-state index in [1.54, 1.807) is 6.08 Å². The molecule has 0 unspecified atom stereocenters. The summed E-state index contributed by atoms with van der Waals surface area (Å²) in [5, 5.41) is 15.0. The number of nitriles is 1. The molecule has 2 aromatic heterocycles. The number of allylic oxidation sites excluding steroid dienone is 1. The summed E-state index contributed by atoms with van der Waals surface area (Å²) in [4.78, 5) is 12.5. The van der Waals surface area contributed by atoms with Crippen LogP contribution >= 0.6 is 11.3 Å². The maximum Gasteiger partial charge on any atom is 0.232 e. The zero-order valence-electron chi connectivity index (χ0n) is 22.6. The molecule has 40 heavy (non-hydrogen) atoms. The van der Waals surface area contributed by atoms with Gasteiger partial charge in [0.1, 0.15) is 10.6 Å². The van der Waals surface area contributed by atoms with Crippen molar-refractivity contribution >= 4 is 49.3 Å². The van der Waals surface area contributed by atoms with Crippen molar-refractivity contribution in [1.29, 1.82) is 5.26 Å². The minimum Gasteiger partial charge on any atom is -0.438 e. The standard InChI is InChI=1S/C29H30N6O3S2/c1-20-17-23(5-4-11-30)18-21(2)26(20)38-27-25-10-16-39-28(25)33-29(32-27)31-24-8-6-22(7-9-24)19-34-12-14-35(15-13-34)40(3,36)37/h4-10,16-18H,12-15,19H2,1-3H3,(H,31,32,33)/b5-4+. The van der Waals surface area contributed by atoms with E-state index in [4.69, 9.17) is 15.0 Å². The maximum absolute atomic E-state index is 11.8. The summed E-state index contributed by atoms with van der Waals surface area (Å²) in [6.45, 7) is 7.18. The van der Waals surface area contributed by atoms with E-state index in [9.17, 15) is 8.42 Å². The van der Waals surface area contributed by atoms with E-state index in [0.717, 1.165) is 50.5 Å². The molecule has 0 bridgehead atoms. The number of benzene rings is 2. The number of rotatable bonds is 8. The first-order chi connectivity index (χ1) is 19.2. The lowest BCUT2D eigenvalue weighted by Gasteiger charge is -2.33. The van der Waals surface area contributed by atoms with E-state index < -0.39 is 10.0 Å². The summed E-state index contributed by atoms with van der Waals surface area (Å²) in [5.41, 5.74) is 4.84. The minimum absolute atomic E-state index is 0.443. The molecule has 1 N–H and O–H groups in total. The molecule has 3 heterocycles. The quantitative estimate of drug-likeness (QED) is 0.276. The highest BCUT2D eigenvalue weighted by Gasteiger charge is 2.23. The Hall–Kier alpha value is -3.82. The summed E-state index contributed by atoms with van der Waals surface area (Å²) in [6, 6.07) is 16.0. The van der Waals surface area contributed by atoms with Crippen molar-refractivity contribution in [2.24, 2.45) is 0 Å². The molecule has 206 valence electrons. The van der Waals surface area contributed by atoms with Crippen LogP contribution in [0.3, 0.4) is 0 Å². The summed E-state index contributed by atoms with van der Waals surface area (Å²) in [6.07, 6.45) is 4.50. The second-order valence-electron chi connectivity index (χ2n) is 9.80. The summed E-state index contributed by atoms with van der Waals surface area (Å²) >= 11 is 1.52. The molecule has 1 saturated heterocycles. The highest BCUT2D eigenvalue weighted by molar-refractivity contribution is 7.88. The van der Waals surface area contributed by atoms with Crippen molar-refractivity contribution in [2.75, 3.05) is 37.8 Å². The maximum atomic E-state index is 11.8. The van der Waals surface area contributed by atoms with Crippen LogP contribution in [0, 0.1) is 25.2 Å². The van der Waals surface area contributed by atoms with Gasteiger partial charge in [0.2, 0.25) is 21.9 Å². The Bertz CT molecular complexity index is 1680. The van der Waals surface area contributed by atoms with Gasteiger partial charge in [0.25, 0.3) is 0 Å². The Morgan fingerprint density at radius 2 is 1.77 bits per heavy atom. The van der Waals surface area contributed by atoms with E-state index in [1.165, 1.54) is 28.0 Å².